The Bertz CT molecular complexity index is 201. The van der Waals surface area contributed by atoms with Gasteiger partial charge in [0.05, 0.1) is 0 Å². The van der Waals surface area contributed by atoms with Crippen LogP contribution in [-0.4, -0.2) is 5.78 Å². The Kier molecular flexibility index (Phi) is 2.64. The van der Waals surface area contributed by atoms with Gasteiger partial charge in [-0.2, -0.15) is 0 Å². The summed E-state index contributed by atoms with van der Waals surface area (Å²) in [6.07, 6.45) is 6.25. The van der Waals surface area contributed by atoms with Crippen LogP contribution in [0.1, 0.15) is 26.2 Å². The number of rotatable bonds is 1. The first-order chi connectivity index (χ1) is 5.24. The Morgan fingerprint density at radius 2 is 2.36 bits per heavy atom. The van der Waals surface area contributed by atoms with Gasteiger partial charge < -0.3 is 0 Å². The number of carbonyl (C=O) groups is 1. The number of carbonyl (C=O) groups excluding carboxylic acids is 1. The molecule has 0 aromatic heterocycles. The van der Waals surface area contributed by atoms with Gasteiger partial charge in [-0.05, 0) is 24.3 Å². The number of hydrogen-bond donors (Lipinski definition) is 0. The van der Waals surface area contributed by atoms with E-state index in [1.807, 2.05) is 6.08 Å². The van der Waals surface area contributed by atoms with Crippen LogP contribution in [0.2, 0.25) is 0 Å². The fourth-order valence-electron chi connectivity index (χ4n) is 1.43. The summed E-state index contributed by atoms with van der Waals surface area (Å²) in [5, 5.41) is 0. The quantitative estimate of drug-likeness (QED) is 0.525. The summed E-state index contributed by atoms with van der Waals surface area (Å²) in [4.78, 5) is 11.2. The van der Waals surface area contributed by atoms with Crippen molar-refractivity contribution in [3.05, 3.63) is 24.3 Å². The maximum Gasteiger partial charge on any atom is 0.158 e. The molecule has 0 spiro atoms. The molecule has 0 N–H and O–H groups in total. The van der Waals surface area contributed by atoms with Crippen molar-refractivity contribution in [1.82, 2.24) is 0 Å². The minimum atomic E-state index is 0.308. The molecular weight excluding hydrogens is 136 g/mol. The van der Waals surface area contributed by atoms with Crippen LogP contribution in [0.4, 0.5) is 0 Å². The van der Waals surface area contributed by atoms with Crippen LogP contribution in [0, 0.1) is 5.92 Å². The average molecular weight is 150 g/mol. The Labute approximate surface area is 67.8 Å². The van der Waals surface area contributed by atoms with Gasteiger partial charge in [0.15, 0.2) is 5.78 Å². The van der Waals surface area contributed by atoms with Crippen molar-refractivity contribution in [2.45, 2.75) is 26.2 Å². The van der Waals surface area contributed by atoms with Gasteiger partial charge in [0.25, 0.3) is 0 Å². The predicted molar refractivity (Wildman–Crippen MR) is 46.3 cm³/mol. The maximum absolute atomic E-state index is 11.2. The van der Waals surface area contributed by atoms with Crippen LogP contribution in [0.15, 0.2) is 24.3 Å². The van der Waals surface area contributed by atoms with Crippen molar-refractivity contribution >= 4 is 5.78 Å². The normalized spacial score (nSPS) is 29.0. The maximum atomic E-state index is 11.2. The molecule has 0 amide bonds. The SMILES string of the molecule is C=C/C=C1\CC(C)CCC1=O. The Morgan fingerprint density at radius 1 is 1.64 bits per heavy atom. The third-order valence-electron chi connectivity index (χ3n) is 2.11. The molecule has 0 aromatic rings. The summed E-state index contributed by atoms with van der Waals surface area (Å²) < 4.78 is 0. The minimum absolute atomic E-state index is 0.308. The highest BCUT2D eigenvalue weighted by atomic mass is 16.1. The van der Waals surface area contributed by atoms with Crippen LogP contribution in [-0.2, 0) is 4.79 Å². The zero-order valence-electron chi connectivity index (χ0n) is 6.97. The monoisotopic (exact) mass is 150 g/mol. The number of hydrogen-bond acceptors (Lipinski definition) is 1. The summed E-state index contributed by atoms with van der Waals surface area (Å²) in [5.41, 5.74) is 0.957. The molecule has 0 bridgehead atoms. The first-order valence-corrected chi connectivity index (χ1v) is 4.09. The van der Waals surface area contributed by atoms with E-state index in [4.69, 9.17) is 0 Å². The molecule has 1 nitrogen and oxygen atoms in total. The Balaban J connectivity index is 2.68. The van der Waals surface area contributed by atoms with Crippen molar-refractivity contribution < 1.29 is 4.79 Å². The summed E-state index contributed by atoms with van der Waals surface area (Å²) in [6.45, 7) is 5.77. The smallest absolute Gasteiger partial charge is 0.158 e. The topological polar surface area (TPSA) is 17.1 Å². The summed E-state index contributed by atoms with van der Waals surface area (Å²) >= 11 is 0. The van der Waals surface area contributed by atoms with E-state index in [0.29, 0.717) is 11.7 Å². The molecular formula is C10H14O. The van der Waals surface area contributed by atoms with Crippen molar-refractivity contribution in [2.24, 2.45) is 5.92 Å². The predicted octanol–water partition coefficient (Wildman–Crippen LogP) is 2.49. The molecule has 11 heavy (non-hydrogen) atoms. The summed E-state index contributed by atoms with van der Waals surface area (Å²) in [5.74, 6) is 0.974. The average Bonchev–Trinajstić information content (AvgIpc) is 1.98. The van der Waals surface area contributed by atoms with E-state index in [-0.39, 0.29) is 0 Å². The van der Waals surface area contributed by atoms with Crippen molar-refractivity contribution in [3.63, 3.8) is 0 Å². The van der Waals surface area contributed by atoms with Gasteiger partial charge in [0.1, 0.15) is 0 Å². The van der Waals surface area contributed by atoms with Gasteiger partial charge in [-0.3, -0.25) is 4.79 Å². The van der Waals surface area contributed by atoms with Gasteiger partial charge >= 0.3 is 0 Å². The molecule has 0 aromatic carbocycles. The lowest BCUT2D eigenvalue weighted by atomic mass is 9.86. The van der Waals surface area contributed by atoms with Gasteiger partial charge in [-0.25, -0.2) is 0 Å². The lowest BCUT2D eigenvalue weighted by Crippen LogP contribution is -2.14. The van der Waals surface area contributed by atoms with E-state index in [0.717, 1.165) is 24.8 Å². The summed E-state index contributed by atoms with van der Waals surface area (Å²) in [6, 6.07) is 0. The van der Waals surface area contributed by atoms with E-state index in [1.54, 1.807) is 6.08 Å². The van der Waals surface area contributed by atoms with Crippen LogP contribution in [0.5, 0.6) is 0 Å². The van der Waals surface area contributed by atoms with Crippen LogP contribution in [0.3, 0.4) is 0 Å². The number of allylic oxidation sites excluding steroid dienone is 3. The van der Waals surface area contributed by atoms with Crippen LogP contribution < -0.4 is 0 Å². The van der Waals surface area contributed by atoms with Crippen LogP contribution >= 0.6 is 0 Å². The molecule has 0 radical (unpaired) electrons. The zero-order chi connectivity index (χ0) is 8.27. The third-order valence-corrected chi connectivity index (χ3v) is 2.11. The molecule has 0 aliphatic heterocycles. The second kappa shape index (κ2) is 3.51. The standard InChI is InChI=1S/C10H14O/c1-3-4-9-7-8(2)5-6-10(9)11/h3-4,8H,1,5-7H2,2H3/b9-4+. The molecule has 0 saturated heterocycles. The fraction of sp³-hybridized carbons (Fsp3) is 0.500. The molecule has 1 aliphatic rings. The molecule has 1 saturated carbocycles. The second-order valence-corrected chi connectivity index (χ2v) is 3.20. The molecule has 1 unspecified atom stereocenters. The minimum Gasteiger partial charge on any atom is -0.295 e. The molecule has 1 atom stereocenters. The molecule has 1 heteroatoms. The zero-order valence-corrected chi connectivity index (χ0v) is 6.97. The third kappa shape index (κ3) is 2.04. The fourth-order valence-corrected chi connectivity index (χ4v) is 1.43. The van der Waals surface area contributed by atoms with E-state index >= 15 is 0 Å². The molecule has 0 heterocycles. The molecule has 1 aliphatic carbocycles. The molecule has 1 fully saturated rings. The Hall–Kier alpha value is -0.850. The lowest BCUT2D eigenvalue weighted by Gasteiger charge is -2.18. The van der Waals surface area contributed by atoms with E-state index in [9.17, 15) is 4.79 Å². The van der Waals surface area contributed by atoms with E-state index in [2.05, 4.69) is 13.5 Å². The Morgan fingerprint density at radius 3 is 3.00 bits per heavy atom. The number of Topliss-reactive ketones (excluding diaryl/α,β-unsaturated/α-hetero) is 1. The van der Waals surface area contributed by atoms with E-state index < -0.39 is 0 Å². The summed E-state index contributed by atoms with van der Waals surface area (Å²) in [7, 11) is 0. The largest absolute Gasteiger partial charge is 0.295 e. The highest BCUT2D eigenvalue weighted by molar-refractivity contribution is 5.96. The van der Waals surface area contributed by atoms with Gasteiger partial charge in [0, 0.05) is 6.42 Å². The first-order valence-electron chi connectivity index (χ1n) is 4.09. The highest BCUT2D eigenvalue weighted by Crippen LogP contribution is 2.24. The van der Waals surface area contributed by atoms with Crippen LogP contribution in [0.25, 0.3) is 0 Å². The molecule has 1 rings (SSSR count). The van der Waals surface area contributed by atoms with Crippen molar-refractivity contribution in [1.29, 1.82) is 0 Å². The van der Waals surface area contributed by atoms with E-state index in [1.165, 1.54) is 0 Å². The van der Waals surface area contributed by atoms with Crippen molar-refractivity contribution in [3.8, 4) is 0 Å². The lowest BCUT2D eigenvalue weighted by molar-refractivity contribution is -0.116. The molecule has 60 valence electrons. The van der Waals surface area contributed by atoms with Crippen molar-refractivity contribution in [2.75, 3.05) is 0 Å². The highest BCUT2D eigenvalue weighted by Gasteiger charge is 2.19. The first kappa shape index (κ1) is 8.25. The second-order valence-electron chi connectivity index (χ2n) is 3.20. The van der Waals surface area contributed by atoms with Gasteiger partial charge in [0.2, 0.25) is 0 Å². The number of ketones is 1. The van der Waals surface area contributed by atoms with Gasteiger partial charge in [-0.1, -0.05) is 25.7 Å². The van der Waals surface area contributed by atoms with Gasteiger partial charge in [-0.15, -0.1) is 0 Å².